The van der Waals surface area contributed by atoms with Gasteiger partial charge in [0, 0.05) is 6.42 Å². The first-order chi connectivity index (χ1) is 16.5. The minimum absolute atomic E-state index is 0.340. The molecule has 0 aliphatic heterocycles. The number of hydrogen-bond acceptors (Lipinski definition) is 1. The average Bonchev–Trinajstić information content (AvgIpc) is 2.79. The molecule has 0 aliphatic carbocycles. The molecule has 0 amide bonds. The predicted octanol–water partition coefficient (Wildman–Crippen LogP) is 9.92. The largest absolute Gasteiger partial charge is 0.481 e. The lowest BCUT2D eigenvalue weighted by Crippen LogP contribution is -2.41. The van der Waals surface area contributed by atoms with Crippen LogP contribution in [-0.4, -0.2) is 42.7 Å². The van der Waals surface area contributed by atoms with E-state index < -0.39 is 5.97 Å². The van der Waals surface area contributed by atoms with Crippen molar-refractivity contribution in [3.63, 3.8) is 0 Å². The lowest BCUT2D eigenvalue weighted by atomic mass is 10.0. The molecule has 0 aliphatic rings. The molecular formula is C31H64NO2+. The zero-order valence-corrected chi connectivity index (χ0v) is 23.9. The predicted molar refractivity (Wildman–Crippen MR) is 151 cm³/mol. The molecule has 0 spiro atoms. The Bertz CT molecular complexity index is 422. The van der Waals surface area contributed by atoms with Crippen LogP contribution >= 0.6 is 0 Å². The summed E-state index contributed by atoms with van der Waals surface area (Å²) in [5, 5.41) is 8.65. The third-order valence-electron chi connectivity index (χ3n) is 7.52. The van der Waals surface area contributed by atoms with Crippen molar-refractivity contribution >= 4 is 5.97 Å². The Labute approximate surface area is 215 Å². The number of unbranched alkanes of at least 4 members (excludes halogenated alkanes) is 22. The number of rotatable bonds is 28. The van der Waals surface area contributed by atoms with Gasteiger partial charge in [0.25, 0.3) is 0 Å². The Morgan fingerprint density at radius 2 is 0.735 bits per heavy atom. The number of carboxylic acid groups (broad SMARTS) is 1. The summed E-state index contributed by atoms with van der Waals surface area (Å²) in [6.45, 7) is 4.95. The quantitative estimate of drug-likeness (QED) is 0.0889. The molecule has 0 saturated carbocycles. The van der Waals surface area contributed by atoms with Crippen LogP contribution in [0, 0.1) is 0 Å². The van der Waals surface area contributed by atoms with Gasteiger partial charge in [0.2, 0.25) is 0 Å². The third-order valence-corrected chi connectivity index (χ3v) is 7.52. The first-order valence-corrected chi connectivity index (χ1v) is 15.5. The van der Waals surface area contributed by atoms with Gasteiger partial charge in [-0.15, -0.1) is 0 Å². The molecule has 0 unspecified atom stereocenters. The molecule has 0 rings (SSSR count). The fourth-order valence-corrected chi connectivity index (χ4v) is 5.08. The van der Waals surface area contributed by atoms with Crippen LogP contribution in [0.4, 0.5) is 0 Å². The van der Waals surface area contributed by atoms with Gasteiger partial charge in [0.15, 0.2) is 0 Å². The summed E-state index contributed by atoms with van der Waals surface area (Å²) in [6, 6.07) is 0. The Hall–Kier alpha value is -0.570. The van der Waals surface area contributed by atoms with Crippen LogP contribution in [-0.2, 0) is 4.79 Å². The molecule has 0 aromatic carbocycles. The highest BCUT2D eigenvalue weighted by molar-refractivity contribution is 5.66. The summed E-state index contributed by atoms with van der Waals surface area (Å²) < 4.78 is 1.19. The highest BCUT2D eigenvalue weighted by Gasteiger charge is 2.13. The molecule has 0 aromatic rings. The summed E-state index contributed by atoms with van der Waals surface area (Å²) in [5.74, 6) is -0.652. The standard InChI is InChI=1S/C31H63NO2/c1-4-5-6-7-8-9-10-11-12-13-14-15-17-20-23-26-29-32(2,3)30-27-24-21-18-16-19-22-25-28-31(33)34/h4-30H2,1-3H3/p+1. The van der Waals surface area contributed by atoms with Crippen LogP contribution < -0.4 is 0 Å². The molecule has 0 fully saturated rings. The monoisotopic (exact) mass is 482 g/mol. The van der Waals surface area contributed by atoms with Crippen molar-refractivity contribution in [1.29, 1.82) is 0 Å². The second-order valence-electron chi connectivity index (χ2n) is 11.7. The van der Waals surface area contributed by atoms with Crippen LogP contribution in [0.5, 0.6) is 0 Å². The Morgan fingerprint density at radius 1 is 0.471 bits per heavy atom. The van der Waals surface area contributed by atoms with Gasteiger partial charge in [0.1, 0.15) is 0 Å². The van der Waals surface area contributed by atoms with Crippen molar-refractivity contribution in [3.8, 4) is 0 Å². The topological polar surface area (TPSA) is 37.3 Å². The number of carboxylic acids is 1. The lowest BCUT2D eigenvalue weighted by Gasteiger charge is -2.30. The molecule has 0 heterocycles. The number of hydrogen-bond donors (Lipinski definition) is 1. The van der Waals surface area contributed by atoms with Crippen molar-refractivity contribution in [1.82, 2.24) is 0 Å². The number of quaternary nitrogens is 1. The van der Waals surface area contributed by atoms with E-state index in [1.807, 2.05) is 0 Å². The SMILES string of the molecule is CCCCCCCCCCCCCCCCCC[N+](C)(C)CCCCCCCCCCC(=O)O. The molecule has 0 radical (unpaired) electrons. The summed E-state index contributed by atoms with van der Waals surface area (Å²) in [7, 11) is 4.82. The summed E-state index contributed by atoms with van der Waals surface area (Å²) in [5.41, 5.74) is 0. The van der Waals surface area contributed by atoms with Crippen molar-refractivity contribution in [2.75, 3.05) is 27.2 Å². The first kappa shape index (κ1) is 33.4. The van der Waals surface area contributed by atoms with Crippen molar-refractivity contribution in [2.24, 2.45) is 0 Å². The minimum atomic E-state index is -0.652. The van der Waals surface area contributed by atoms with Crippen molar-refractivity contribution in [2.45, 2.75) is 167 Å². The van der Waals surface area contributed by atoms with E-state index >= 15 is 0 Å². The second kappa shape index (κ2) is 25.5. The molecule has 34 heavy (non-hydrogen) atoms. The molecule has 0 bridgehead atoms. The Kier molecular flexibility index (Phi) is 25.1. The fraction of sp³-hybridized carbons (Fsp3) is 0.968. The van der Waals surface area contributed by atoms with Crippen molar-refractivity contribution in [3.05, 3.63) is 0 Å². The molecule has 0 aromatic heterocycles. The number of aliphatic carboxylic acids is 1. The fourth-order valence-electron chi connectivity index (χ4n) is 5.08. The molecule has 204 valence electrons. The van der Waals surface area contributed by atoms with Crippen molar-refractivity contribution < 1.29 is 14.4 Å². The maximum absolute atomic E-state index is 10.5. The highest BCUT2D eigenvalue weighted by Crippen LogP contribution is 2.15. The summed E-state index contributed by atoms with van der Waals surface area (Å²) in [6.07, 6.45) is 33.2. The zero-order chi connectivity index (χ0) is 25.2. The molecular weight excluding hydrogens is 418 g/mol. The summed E-state index contributed by atoms with van der Waals surface area (Å²) >= 11 is 0. The van der Waals surface area contributed by atoms with E-state index in [2.05, 4.69) is 21.0 Å². The van der Waals surface area contributed by atoms with E-state index in [4.69, 9.17) is 5.11 Å². The van der Waals surface area contributed by atoms with Gasteiger partial charge in [-0.2, -0.15) is 0 Å². The Balaban J connectivity index is 3.29. The Morgan fingerprint density at radius 3 is 1.03 bits per heavy atom. The van der Waals surface area contributed by atoms with Gasteiger partial charge < -0.3 is 9.59 Å². The van der Waals surface area contributed by atoms with Crippen LogP contribution in [0.2, 0.25) is 0 Å². The maximum atomic E-state index is 10.5. The van der Waals surface area contributed by atoms with Crippen LogP contribution in [0.15, 0.2) is 0 Å². The van der Waals surface area contributed by atoms with Crippen LogP contribution in [0.3, 0.4) is 0 Å². The van der Waals surface area contributed by atoms with E-state index in [0.717, 1.165) is 12.8 Å². The van der Waals surface area contributed by atoms with E-state index in [0.29, 0.717) is 6.42 Å². The van der Waals surface area contributed by atoms with E-state index in [1.54, 1.807) is 0 Å². The number of nitrogens with zero attached hydrogens (tertiary/aromatic N) is 1. The van der Waals surface area contributed by atoms with Gasteiger partial charge in [-0.3, -0.25) is 4.79 Å². The van der Waals surface area contributed by atoms with E-state index in [9.17, 15) is 4.79 Å². The highest BCUT2D eigenvalue weighted by atomic mass is 16.4. The smallest absolute Gasteiger partial charge is 0.303 e. The average molecular weight is 483 g/mol. The zero-order valence-electron chi connectivity index (χ0n) is 23.9. The lowest BCUT2D eigenvalue weighted by molar-refractivity contribution is -0.890. The first-order valence-electron chi connectivity index (χ1n) is 15.5. The van der Waals surface area contributed by atoms with Gasteiger partial charge >= 0.3 is 5.97 Å². The van der Waals surface area contributed by atoms with Gasteiger partial charge in [-0.05, 0) is 32.1 Å². The van der Waals surface area contributed by atoms with E-state index in [1.165, 1.54) is 159 Å². The minimum Gasteiger partial charge on any atom is -0.481 e. The summed E-state index contributed by atoms with van der Waals surface area (Å²) in [4.78, 5) is 10.5. The third kappa shape index (κ3) is 27.7. The van der Waals surface area contributed by atoms with Gasteiger partial charge in [0.05, 0.1) is 27.2 Å². The molecule has 0 saturated heterocycles. The van der Waals surface area contributed by atoms with Gasteiger partial charge in [-0.25, -0.2) is 0 Å². The molecule has 0 atom stereocenters. The van der Waals surface area contributed by atoms with Crippen LogP contribution in [0.25, 0.3) is 0 Å². The molecule has 1 N–H and O–H groups in total. The normalized spacial score (nSPS) is 11.9. The van der Waals surface area contributed by atoms with Crippen LogP contribution in [0.1, 0.15) is 167 Å². The van der Waals surface area contributed by atoms with Gasteiger partial charge in [-0.1, -0.05) is 129 Å². The maximum Gasteiger partial charge on any atom is 0.303 e. The second-order valence-corrected chi connectivity index (χ2v) is 11.7. The molecule has 3 heteroatoms. The molecule has 3 nitrogen and oxygen atoms in total. The number of carbonyl (C=O) groups is 1. The van der Waals surface area contributed by atoms with E-state index in [-0.39, 0.29) is 0 Å².